The first-order valence-electron chi connectivity index (χ1n) is 7.76. The number of carbonyl (C=O) groups is 1. The molecule has 8 heteroatoms. The Balaban J connectivity index is 2.03. The molecule has 2 heterocycles. The molecule has 1 amide bonds. The van der Waals surface area contributed by atoms with Crippen LogP contribution >= 0.6 is 0 Å². The van der Waals surface area contributed by atoms with Crippen LogP contribution < -0.4 is 4.90 Å². The van der Waals surface area contributed by atoms with Crippen LogP contribution in [0.1, 0.15) is 33.3 Å². The van der Waals surface area contributed by atoms with E-state index in [2.05, 4.69) is 12.1 Å². The number of ether oxygens (including phenoxy) is 2. The fourth-order valence-electron chi connectivity index (χ4n) is 2.99. The summed E-state index contributed by atoms with van der Waals surface area (Å²) in [5, 5.41) is 0. The molecule has 0 bridgehead atoms. The number of halogens is 3. The normalized spacial score (nSPS) is 15.7. The van der Waals surface area contributed by atoms with Crippen molar-refractivity contribution in [1.29, 1.82) is 0 Å². The van der Waals surface area contributed by atoms with E-state index in [0.717, 1.165) is 12.1 Å². The predicted molar refractivity (Wildman–Crippen MR) is 87.3 cm³/mol. The van der Waals surface area contributed by atoms with E-state index in [1.165, 1.54) is 30.5 Å². The zero-order valence-corrected chi connectivity index (χ0v) is 13.9. The van der Waals surface area contributed by atoms with Gasteiger partial charge in [0.25, 0.3) is 5.91 Å². The number of carbonyl (C=O) groups excluding carboxylic acids is 1. The molecule has 3 rings (SSSR count). The standard InChI is InChI=1S/C18H16F3N2O3/c1-25-17(26-2)13-5-7-22-10-15(13)23-8-6-11-3-4-12(18(19,20)21)9-14(11)16(23)24/h3-5,7,9-10,17H,1,6,8H2,2H3/q+1. The van der Waals surface area contributed by atoms with Gasteiger partial charge in [0, 0.05) is 31.0 Å². The molecule has 26 heavy (non-hydrogen) atoms. The highest BCUT2D eigenvalue weighted by atomic mass is 19.4. The number of fused-ring (bicyclic) bond motifs is 1. The van der Waals surface area contributed by atoms with E-state index < -0.39 is 23.9 Å². The summed E-state index contributed by atoms with van der Waals surface area (Å²) >= 11 is 0. The minimum absolute atomic E-state index is 0.0328. The molecule has 0 aliphatic carbocycles. The Bertz CT molecular complexity index is 820. The lowest BCUT2D eigenvalue weighted by Crippen LogP contribution is -2.38. The molecule has 2 aromatic rings. The fourth-order valence-corrected chi connectivity index (χ4v) is 2.99. The lowest BCUT2D eigenvalue weighted by molar-refractivity contribution is -0.137. The van der Waals surface area contributed by atoms with Crippen LogP contribution in [0.25, 0.3) is 0 Å². The number of alkyl halides is 3. The van der Waals surface area contributed by atoms with Crippen molar-refractivity contribution in [1.82, 2.24) is 4.98 Å². The van der Waals surface area contributed by atoms with Gasteiger partial charge in [-0.15, -0.1) is 0 Å². The Morgan fingerprint density at radius 3 is 2.73 bits per heavy atom. The van der Waals surface area contributed by atoms with Crippen LogP contribution in [-0.2, 0) is 22.1 Å². The Labute approximate surface area is 148 Å². The van der Waals surface area contributed by atoms with Gasteiger partial charge in [0.1, 0.15) is 0 Å². The van der Waals surface area contributed by atoms with Crippen molar-refractivity contribution in [2.24, 2.45) is 0 Å². The SMILES string of the molecule is [CH2+]OC(OC)c1ccncc1N1CCc2ccc(C(F)(F)F)cc2C1=O. The Morgan fingerprint density at radius 2 is 2.08 bits per heavy atom. The van der Waals surface area contributed by atoms with Crippen LogP contribution in [0.4, 0.5) is 18.9 Å². The van der Waals surface area contributed by atoms with E-state index >= 15 is 0 Å². The van der Waals surface area contributed by atoms with Crippen molar-refractivity contribution in [3.05, 3.63) is 66.0 Å². The van der Waals surface area contributed by atoms with Crippen LogP contribution in [0.2, 0.25) is 0 Å². The molecular formula is C18H16F3N2O3+. The molecule has 1 aliphatic rings. The molecule has 5 nitrogen and oxygen atoms in total. The summed E-state index contributed by atoms with van der Waals surface area (Å²) in [5.74, 6) is -0.523. The highest BCUT2D eigenvalue weighted by Gasteiger charge is 2.35. The summed E-state index contributed by atoms with van der Waals surface area (Å²) in [6, 6.07) is 4.86. The third-order valence-electron chi connectivity index (χ3n) is 4.26. The summed E-state index contributed by atoms with van der Waals surface area (Å²) in [7, 11) is 4.76. The molecule has 0 radical (unpaired) electrons. The van der Waals surface area contributed by atoms with Gasteiger partial charge in [-0.3, -0.25) is 9.78 Å². The van der Waals surface area contributed by atoms with Crippen molar-refractivity contribution < 1.29 is 27.4 Å². The zero-order chi connectivity index (χ0) is 18.9. The van der Waals surface area contributed by atoms with Gasteiger partial charge in [0.2, 0.25) is 13.4 Å². The van der Waals surface area contributed by atoms with Crippen LogP contribution in [0, 0.1) is 7.11 Å². The van der Waals surface area contributed by atoms with E-state index in [4.69, 9.17) is 9.47 Å². The Hall–Kier alpha value is -2.58. The van der Waals surface area contributed by atoms with Gasteiger partial charge in [-0.05, 0) is 30.2 Å². The average Bonchev–Trinajstić information content (AvgIpc) is 2.63. The van der Waals surface area contributed by atoms with E-state index in [1.54, 1.807) is 6.07 Å². The summed E-state index contributed by atoms with van der Waals surface area (Å²) in [6.07, 6.45) is -1.95. The number of nitrogens with zero attached hydrogens (tertiary/aromatic N) is 2. The van der Waals surface area contributed by atoms with Gasteiger partial charge in [-0.2, -0.15) is 17.9 Å². The zero-order valence-electron chi connectivity index (χ0n) is 13.9. The van der Waals surface area contributed by atoms with Gasteiger partial charge in [0.05, 0.1) is 17.4 Å². The summed E-state index contributed by atoms with van der Waals surface area (Å²) in [4.78, 5) is 18.3. The quantitative estimate of drug-likeness (QED) is 0.612. The Morgan fingerprint density at radius 1 is 1.31 bits per heavy atom. The summed E-state index contributed by atoms with van der Waals surface area (Å²) in [6.45, 7) is 0.309. The minimum atomic E-state index is -4.51. The van der Waals surface area contributed by atoms with Gasteiger partial charge in [-0.1, -0.05) is 6.07 Å². The molecule has 136 valence electrons. The van der Waals surface area contributed by atoms with Crippen LogP contribution in [0.3, 0.4) is 0 Å². The lowest BCUT2D eigenvalue weighted by atomic mass is 9.95. The van der Waals surface area contributed by atoms with Crippen molar-refractivity contribution in [3.8, 4) is 0 Å². The largest absolute Gasteiger partial charge is 0.416 e. The third kappa shape index (κ3) is 3.25. The predicted octanol–water partition coefficient (Wildman–Crippen LogP) is 3.76. The fraction of sp³-hybridized carbons (Fsp3) is 0.278. The smallest absolute Gasteiger partial charge is 0.348 e. The number of methoxy groups -OCH3 is 1. The third-order valence-corrected chi connectivity index (χ3v) is 4.26. The number of amides is 1. The lowest BCUT2D eigenvalue weighted by Gasteiger charge is -2.30. The first-order valence-corrected chi connectivity index (χ1v) is 7.76. The van der Waals surface area contributed by atoms with E-state index in [0.29, 0.717) is 29.8 Å². The average molecular weight is 365 g/mol. The maximum Gasteiger partial charge on any atom is 0.416 e. The van der Waals surface area contributed by atoms with Crippen molar-refractivity contribution in [3.63, 3.8) is 0 Å². The van der Waals surface area contributed by atoms with E-state index in [-0.39, 0.29) is 5.56 Å². The topological polar surface area (TPSA) is 51.7 Å². The molecule has 0 N–H and O–H groups in total. The number of rotatable bonds is 4. The maximum absolute atomic E-state index is 13.0. The molecule has 1 aromatic heterocycles. The molecule has 0 saturated heterocycles. The molecule has 0 saturated carbocycles. The van der Waals surface area contributed by atoms with Crippen LogP contribution in [-0.4, -0.2) is 24.5 Å². The summed E-state index contributed by atoms with van der Waals surface area (Å²) < 4.78 is 49.2. The van der Waals surface area contributed by atoms with Crippen molar-refractivity contribution >= 4 is 11.6 Å². The number of aromatic nitrogens is 1. The molecule has 0 fully saturated rings. The number of hydrogen-bond donors (Lipinski definition) is 0. The van der Waals surface area contributed by atoms with Gasteiger partial charge < -0.3 is 9.64 Å². The van der Waals surface area contributed by atoms with Gasteiger partial charge in [-0.25, -0.2) is 0 Å². The van der Waals surface area contributed by atoms with Gasteiger partial charge in [0.15, 0.2) is 0 Å². The molecule has 0 spiro atoms. The molecule has 1 aromatic carbocycles. The first-order chi connectivity index (χ1) is 12.4. The van der Waals surface area contributed by atoms with E-state index in [1.807, 2.05) is 0 Å². The molecule has 1 aliphatic heterocycles. The van der Waals surface area contributed by atoms with Gasteiger partial charge >= 0.3 is 6.18 Å². The number of benzene rings is 1. The second-order valence-electron chi connectivity index (χ2n) is 5.75. The van der Waals surface area contributed by atoms with E-state index in [9.17, 15) is 18.0 Å². The second kappa shape index (κ2) is 6.97. The minimum Gasteiger partial charge on any atom is -0.348 e. The number of pyridine rings is 1. The van der Waals surface area contributed by atoms with Crippen LogP contribution in [0.5, 0.6) is 0 Å². The highest BCUT2D eigenvalue weighted by molar-refractivity contribution is 6.08. The molecule has 1 atom stereocenters. The van der Waals surface area contributed by atoms with Crippen molar-refractivity contribution in [2.45, 2.75) is 18.9 Å². The maximum atomic E-state index is 13.0. The number of anilines is 1. The molecule has 1 unspecified atom stereocenters. The summed E-state index contributed by atoms with van der Waals surface area (Å²) in [5.41, 5.74) is 0.692. The van der Waals surface area contributed by atoms with Crippen LogP contribution in [0.15, 0.2) is 36.7 Å². The number of hydrogen-bond acceptors (Lipinski definition) is 4. The first kappa shape index (κ1) is 18.2. The second-order valence-corrected chi connectivity index (χ2v) is 5.75. The highest BCUT2D eigenvalue weighted by Crippen LogP contribution is 2.35. The monoisotopic (exact) mass is 365 g/mol. The molecular weight excluding hydrogens is 349 g/mol. The van der Waals surface area contributed by atoms with Crippen molar-refractivity contribution in [2.75, 3.05) is 18.6 Å². The Kier molecular flexibility index (Phi) is 4.88.